The number of halogens is 1. The van der Waals surface area contributed by atoms with E-state index in [2.05, 4.69) is 10.6 Å². The summed E-state index contributed by atoms with van der Waals surface area (Å²) in [6.45, 7) is 3.53. The quantitative estimate of drug-likeness (QED) is 0.523. The molecule has 3 aromatic carbocycles. The molecule has 0 aromatic heterocycles. The van der Waals surface area contributed by atoms with Crippen LogP contribution in [-0.4, -0.2) is 25.0 Å². The number of amides is 2. The van der Waals surface area contributed by atoms with E-state index in [-0.39, 0.29) is 11.8 Å². The lowest BCUT2D eigenvalue weighted by molar-refractivity contribution is -0.122. The Bertz CT molecular complexity index is 1080. The summed E-state index contributed by atoms with van der Waals surface area (Å²) >= 11 is 6.00. The van der Waals surface area contributed by atoms with E-state index in [1.54, 1.807) is 62.6 Å². The maximum atomic E-state index is 12.5. The fraction of sp³-hybridized carbons (Fsp3) is 0.167. The van der Waals surface area contributed by atoms with E-state index in [1.165, 1.54) is 0 Å². The number of aryl methyl sites for hydroxylation is 1. The second-order valence-electron chi connectivity index (χ2n) is 6.89. The lowest BCUT2D eigenvalue weighted by Gasteiger charge is -2.16. The van der Waals surface area contributed by atoms with Crippen LogP contribution in [0.2, 0.25) is 5.02 Å². The zero-order chi connectivity index (χ0) is 22.4. The molecule has 1 atom stereocenters. The van der Waals surface area contributed by atoms with Gasteiger partial charge in [-0.3, -0.25) is 9.59 Å². The van der Waals surface area contributed by atoms with Crippen LogP contribution < -0.4 is 20.1 Å². The highest BCUT2D eigenvalue weighted by Gasteiger charge is 2.16. The molecule has 0 saturated heterocycles. The molecule has 0 aliphatic rings. The molecule has 2 amide bonds. The first-order valence-corrected chi connectivity index (χ1v) is 10.0. The van der Waals surface area contributed by atoms with Gasteiger partial charge in [0.15, 0.2) is 6.10 Å². The lowest BCUT2D eigenvalue weighted by Crippen LogP contribution is -2.30. The summed E-state index contributed by atoms with van der Waals surface area (Å²) in [5.74, 6) is 0.464. The highest BCUT2D eigenvalue weighted by Crippen LogP contribution is 2.24. The summed E-state index contributed by atoms with van der Waals surface area (Å²) in [4.78, 5) is 25.0. The first-order chi connectivity index (χ1) is 14.9. The van der Waals surface area contributed by atoms with Gasteiger partial charge in [-0.1, -0.05) is 29.8 Å². The van der Waals surface area contributed by atoms with Crippen molar-refractivity contribution in [1.29, 1.82) is 0 Å². The highest BCUT2D eigenvalue weighted by molar-refractivity contribution is 6.31. The summed E-state index contributed by atoms with van der Waals surface area (Å²) in [5, 5.41) is 6.17. The predicted molar refractivity (Wildman–Crippen MR) is 122 cm³/mol. The van der Waals surface area contributed by atoms with Crippen molar-refractivity contribution in [1.82, 2.24) is 0 Å². The molecule has 0 aliphatic heterocycles. The summed E-state index contributed by atoms with van der Waals surface area (Å²) in [7, 11) is 1.54. The molecule has 3 aromatic rings. The molecule has 7 heteroatoms. The van der Waals surface area contributed by atoms with Crippen LogP contribution in [0.5, 0.6) is 11.5 Å². The van der Waals surface area contributed by atoms with Gasteiger partial charge in [0.1, 0.15) is 11.5 Å². The number of ether oxygens (including phenoxy) is 2. The van der Waals surface area contributed by atoms with E-state index < -0.39 is 6.10 Å². The summed E-state index contributed by atoms with van der Waals surface area (Å²) in [6, 6.07) is 19.0. The first-order valence-electron chi connectivity index (χ1n) is 9.65. The molecule has 0 saturated carbocycles. The fourth-order valence-electron chi connectivity index (χ4n) is 2.85. The van der Waals surface area contributed by atoms with Gasteiger partial charge in [-0.15, -0.1) is 0 Å². The van der Waals surface area contributed by atoms with Crippen molar-refractivity contribution in [2.45, 2.75) is 20.0 Å². The van der Waals surface area contributed by atoms with E-state index in [4.69, 9.17) is 21.1 Å². The number of rotatable bonds is 7. The van der Waals surface area contributed by atoms with Crippen molar-refractivity contribution in [3.8, 4) is 11.5 Å². The lowest BCUT2D eigenvalue weighted by atomic mass is 10.2. The number of benzene rings is 3. The van der Waals surface area contributed by atoms with Crippen molar-refractivity contribution >= 4 is 34.8 Å². The molecule has 2 N–H and O–H groups in total. The maximum absolute atomic E-state index is 12.5. The van der Waals surface area contributed by atoms with Gasteiger partial charge in [0.2, 0.25) is 0 Å². The molecule has 160 valence electrons. The number of anilines is 2. The maximum Gasteiger partial charge on any atom is 0.265 e. The molecule has 0 bridgehead atoms. The first kappa shape index (κ1) is 22.2. The summed E-state index contributed by atoms with van der Waals surface area (Å²) < 4.78 is 11.0. The van der Waals surface area contributed by atoms with Crippen molar-refractivity contribution in [3.63, 3.8) is 0 Å². The number of methoxy groups -OCH3 is 1. The molecule has 3 rings (SSSR count). The van der Waals surface area contributed by atoms with E-state index in [1.807, 2.05) is 25.1 Å². The number of para-hydroxylation sites is 2. The zero-order valence-electron chi connectivity index (χ0n) is 17.4. The topological polar surface area (TPSA) is 76.7 Å². The second kappa shape index (κ2) is 10.00. The molecule has 6 nitrogen and oxygen atoms in total. The Hall–Kier alpha value is -3.51. The van der Waals surface area contributed by atoms with Crippen LogP contribution in [0.4, 0.5) is 11.4 Å². The van der Waals surface area contributed by atoms with E-state index in [0.29, 0.717) is 33.5 Å². The predicted octanol–water partition coefficient (Wildman–Crippen LogP) is 5.32. The minimum absolute atomic E-state index is 0.279. The Kier molecular flexibility index (Phi) is 7.15. The third-order valence-electron chi connectivity index (χ3n) is 4.61. The highest BCUT2D eigenvalue weighted by atomic mass is 35.5. The van der Waals surface area contributed by atoms with Crippen molar-refractivity contribution in [2.75, 3.05) is 17.7 Å². The Morgan fingerprint density at radius 1 is 0.935 bits per heavy atom. The molecule has 0 heterocycles. The minimum atomic E-state index is -0.744. The third kappa shape index (κ3) is 5.77. The Balaban J connectivity index is 1.61. The van der Waals surface area contributed by atoms with Gasteiger partial charge in [0.25, 0.3) is 11.8 Å². The standard InChI is InChI=1S/C24H23ClN2O4/c1-15-8-11-18(25)14-21(15)27-23(28)16(2)31-19-12-9-17(10-13-19)24(29)26-20-6-4-5-7-22(20)30-3/h4-14,16H,1-3H3,(H,26,29)(H,27,28)/t16-/m1/s1. The minimum Gasteiger partial charge on any atom is -0.495 e. The Morgan fingerprint density at radius 2 is 1.65 bits per heavy atom. The van der Waals surface area contributed by atoms with Gasteiger partial charge in [-0.2, -0.15) is 0 Å². The molecular formula is C24H23ClN2O4. The number of hydrogen-bond donors (Lipinski definition) is 2. The smallest absolute Gasteiger partial charge is 0.265 e. The molecule has 0 spiro atoms. The Labute approximate surface area is 186 Å². The van der Waals surface area contributed by atoms with Gasteiger partial charge >= 0.3 is 0 Å². The summed E-state index contributed by atoms with van der Waals surface area (Å²) in [6.07, 6.45) is -0.744. The van der Waals surface area contributed by atoms with E-state index in [0.717, 1.165) is 5.56 Å². The Morgan fingerprint density at radius 3 is 2.35 bits per heavy atom. The van der Waals surface area contributed by atoms with Gasteiger partial charge in [0.05, 0.1) is 12.8 Å². The second-order valence-corrected chi connectivity index (χ2v) is 7.32. The molecular weight excluding hydrogens is 416 g/mol. The monoisotopic (exact) mass is 438 g/mol. The molecule has 0 fully saturated rings. The van der Waals surface area contributed by atoms with E-state index in [9.17, 15) is 9.59 Å². The summed E-state index contributed by atoms with van der Waals surface area (Å²) in [5.41, 5.74) is 2.56. The number of carbonyl (C=O) groups is 2. The molecule has 0 radical (unpaired) electrons. The largest absolute Gasteiger partial charge is 0.495 e. The van der Waals surface area contributed by atoms with Crippen LogP contribution in [-0.2, 0) is 4.79 Å². The normalized spacial score (nSPS) is 11.4. The van der Waals surface area contributed by atoms with Crippen LogP contribution in [0, 0.1) is 6.92 Å². The average molecular weight is 439 g/mol. The van der Waals surface area contributed by atoms with Gasteiger partial charge in [0, 0.05) is 16.3 Å². The average Bonchev–Trinajstić information content (AvgIpc) is 2.77. The number of hydrogen-bond acceptors (Lipinski definition) is 4. The third-order valence-corrected chi connectivity index (χ3v) is 4.85. The molecule has 31 heavy (non-hydrogen) atoms. The van der Waals surface area contributed by atoms with Crippen LogP contribution in [0.3, 0.4) is 0 Å². The molecule has 0 aliphatic carbocycles. The zero-order valence-corrected chi connectivity index (χ0v) is 18.2. The van der Waals surface area contributed by atoms with Crippen molar-refractivity contribution < 1.29 is 19.1 Å². The van der Waals surface area contributed by atoms with Gasteiger partial charge in [-0.05, 0) is 67.9 Å². The van der Waals surface area contributed by atoms with Gasteiger partial charge in [-0.25, -0.2) is 0 Å². The van der Waals surface area contributed by atoms with Crippen LogP contribution in [0.15, 0.2) is 66.7 Å². The van der Waals surface area contributed by atoms with Crippen LogP contribution in [0.25, 0.3) is 0 Å². The number of carbonyl (C=O) groups excluding carboxylic acids is 2. The number of nitrogens with one attached hydrogen (secondary N) is 2. The van der Waals surface area contributed by atoms with Gasteiger partial charge < -0.3 is 20.1 Å². The van der Waals surface area contributed by atoms with E-state index >= 15 is 0 Å². The van der Waals surface area contributed by atoms with Crippen molar-refractivity contribution in [2.24, 2.45) is 0 Å². The van der Waals surface area contributed by atoms with Crippen LogP contribution in [0.1, 0.15) is 22.8 Å². The van der Waals surface area contributed by atoms with Crippen LogP contribution >= 0.6 is 11.6 Å². The SMILES string of the molecule is COc1ccccc1NC(=O)c1ccc(O[C@H](C)C(=O)Nc2cc(Cl)ccc2C)cc1. The molecule has 0 unspecified atom stereocenters. The fourth-order valence-corrected chi connectivity index (χ4v) is 3.02. The van der Waals surface area contributed by atoms with Crippen molar-refractivity contribution in [3.05, 3.63) is 82.9 Å².